The largest absolute Gasteiger partial charge is 0.491 e. The number of carbonyl (C=O) groups is 1. The summed E-state index contributed by atoms with van der Waals surface area (Å²) in [5.41, 5.74) is 1.72. The number of benzene rings is 2. The van der Waals surface area contributed by atoms with E-state index < -0.39 is 16.1 Å². The summed E-state index contributed by atoms with van der Waals surface area (Å²) in [5.74, 6) is 1.21. The molecule has 0 saturated heterocycles. The van der Waals surface area contributed by atoms with Crippen molar-refractivity contribution < 1.29 is 22.7 Å². The maximum absolute atomic E-state index is 12.5. The molecular formula is C24H34N2O5S. The van der Waals surface area contributed by atoms with Crippen LogP contribution in [-0.4, -0.2) is 46.4 Å². The molecule has 0 fully saturated rings. The van der Waals surface area contributed by atoms with Crippen LogP contribution in [0.3, 0.4) is 0 Å². The fourth-order valence-electron chi connectivity index (χ4n) is 3.04. The first-order valence-electron chi connectivity index (χ1n) is 10.8. The van der Waals surface area contributed by atoms with E-state index in [1.165, 1.54) is 16.9 Å². The second-order valence-electron chi connectivity index (χ2n) is 7.94. The average molecular weight is 463 g/mol. The minimum Gasteiger partial charge on any atom is -0.491 e. The van der Waals surface area contributed by atoms with Crippen molar-refractivity contribution in [3.63, 3.8) is 0 Å². The third-order valence-electron chi connectivity index (χ3n) is 4.88. The molecule has 1 atom stereocenters. The van der Waals surface area contributed by atoms with E-state index in [-0.39, 0.29) is 12.0 Å². The molecule has 0 bridgehead atoms. The van der Waals surface area contributed by atoms with Crippen LogP contribution in [0, 0.1) is 0 Å². The number of anilines is 1. The normalized spacial score (nSPS) is 12.3. The van der Waals surface area contributed by atoms with Gasteiger partial charge in [0.25, 0.3) is 5.91 Å². The Labute approximate surface area is 191 Å². The molecule has 8 heteroatoms. The third kappa shape index (κ3) is 8.07. The van der Waals surface area contributed by atoms with Gasteiger partial charge in [-0.2, -0.15) is 0 Å². The Morgan fingerprint density at radius 2 is 1.56 bits per heavy atom. The van der Waals surface area contributed by atoms with E-state index in [0.717, 1.165) is 24.8 Å². The number of nitrogens with zero attached hydrogens (tertiary/aromatic N) is 1. The Morgan fingerprint density at radius 3 is 2.09 bits per heavy atom. The number of sulfonamides is 1. The van der Waals surface area contributed by atoms with E-state index in [2.05, 4.69) is 5.32 Å². The van der Waals surface area contributed by atoms with Crippen molar-refractivity contribution in [2.75, 3.05) is 24.2 Å². The SMILES string of the molecule is CCC(Oc1ccc(N(C)S(C)(=O)=O)cc1)C(=O)NCCCc1ccc(OC(C)C)cc1. The maximum Gasteiger partial charge on any atom is 0.261 e. The number of rotatable bonds is 12. The Balaban J connectivity index is 1.80. The lowest BCUT2D eigenvalue weighted by Gasteiger charge is -2.19. The molecule has 2 aromatic rings. The molecule has 176 valence electrons. The minimum absolute atomic E-state index is 0.150. The summed E-state index contributed by atoms with van der Waals surface area (Å²) >= 11 is 0. The second kappa shape index (κ2) is 11.8. The predicted molar refractivity (Wildman–Crippen MR) is 128 cm³/mol. The third-order valence-corrected chi connectivity index (χ3v) is 6.08. The zero-order chi connectivity index (χ0) is 23.7. The molecule has 0 spiro atoms. The number of amides is 1. The smallest absolute Gasteiger partial charge is 0.261 e. The molecular weight excluding hydrogens is 428 g/mol. The minimum atomic E-state index is -3.33. The molecule has 1 N–H and O–H groups in total. The first-order valence-corrected chi connectivity index (χ1v) is 12.7. The molecule has 2 aromatic carbocycles. The topological polar surface area (TPSA) is 84.9 Å². The van der Waals surface area contributed by atoms with Gasteiger partial charge in [-0.25, -0.2) is 8.42 Å². The van der Waals surface area contributed by atoms with Gasteiger partial charge in [0.15, 0.2) is 6.10 Å². The molecule has 0 aliphatic rings. The average Bonchev–Trinajstić information content (AvgIpc) is 2.75. The van der Waals surface area contributed by atoms with Crippen molar-refractivity contribution in [1.82, 2.24) is 5.32 Å². The highest BCUT2D eigenvalue weighted by Crippen LogP contribution is 2.21. The molecule has 1 unspecified atom stereocenters. The highest BCUT2D eigenvalue weighted by atomic mass is 32.2. The molecule has 32 heavy (non-hydrogen) atoms. The number of hydrogen-bond donors (Lipinski definition) is 1. The number of carbonyl (C=O) groups excluding carboxylic acids is 1. The summed E-state index contributed by atoms with van der Waals surface area (Å²) in [6, 6.07) is 14.7. The molecule has 2 rings (SSSR count). The van der Waals surface area contributed by atoms with Gasteiger partial charge in [-0.05, 0) is 75.1 Å². The summed E-state index contributed by atoms with van der Waals surface area (Å²) in [6.07, 6.45) is 2.88. The van der Waals surface area contributed by atoms with Crippen molar-refractivity contribution in [3.8, 4) is 11.5 Å². The van der Waals surface area contributed by atoms with Gasteiger partial charge in [0.1, 0.15) is 11.5 Å². The van der Waals surface area contributed by atoms with Crippen molar-refractivity contribution >= 4 is 21.6 Å². The molecule has 0 radical (unpaired) electrons. The van der Waals surface area contributed by atoms with Gasteiger partial charge < -0.3 is 14.8 Å². The van der Waals surface area contributed by atoms with Gasteiger partial charge in [0.2, 0.25) is 10.0 Å². The summed E-state index contributed by atoms with van der Waals surface area (Å²) < 4.78 is 35.9. The summed E-state index contributed by atoms with van der Waals surface area (Å²) in [7, 11) is -1.84. The van der Waals surface area contributed by atoms with E-state index in [1.807, 2.05) is 45.0 Å². The molecule has 0 aliphatic carbocycles. The van der Waals surface area contributed by atoms with Crippen LogP contribution in [0.15, 0.2) is 48.5 Å². The van der Waals surface area contributed by atoms with Gasteiger partial charge in [0, 0.05) is 13.6 Å². The summed E-state index contributed by atoms with van der Waals surface area (Å²) in [6.45, 7) is 6.44. The Morgan fingerprint density at radius 1 is 1.00 bits per heavy atom. The van der Waals surface area contributed by atoms with Crippen LogP contribution in [-0.2, 0) is 21.2 Å². The number of hydrogen-bond acceptors (Lipinski definition) is 5. The first-order chi connectivity index (χ1) is 15.1. The number of aryl methyl sites for hydroxylation is 1. The van der Waals surface area contributed by atoms with E-state index in [1.54, 1.807) is 24.3 Å². The van der Waals surface area contributed by atoms with Crippen molar-refractivity contribution in [2.45, 2.75) is 52.2 Å². The van der Waals surface area contributed by atoms with E-state index in [4.69, 9.17) is 9.47 Å². The van der Waals surface area contributed by atoms with Crippen LogP contribution in [0.5, 0.6) is 11.5 Å². The van der Waals surface area contributed by atoms with Gasteiger partial charge in [-0.1, -0.05) is 19.1 Å². The number of ether oxygens (including phenoxy) is 2. The highest BCUT2D eigenvalue weighted by molar-refractivity contribution is 7.92. The molecule has 0 aliphatic heterocycles. The predicted octanol–water partition coefficient (Wildman–Crippen LogP) is 3.78. The maximum atomic E-state index is 12.5. The standard InChI is InChI=1S/C24H34N2O5S/c1-6-23(31-22-15-11-20(12-16-22)26(4)32(5,28)29)24(27)25-17-7-8-19-9-13-21(14-10-19)30-18(2)3/h9-16,18,23H,6-8,17H2,1-5H3,(H,25,27). The Kier molecular flexibility index (Phi) is 9.38. The first kappa shape index (κ1) is 25.5. The zero-order valence-corrected chi connectivity index (χ0v) is 20.3. The van der Waals surface area contributed by atoms with Crippen molar-refractivity contribution in [1.29, 1.82) is 0 Å². The van der Waals surface area contributed by atoms with Gasteiger partial charge in [0.05, 0.1) is 18.0 Å². The van der Waals surface area contributed by atoms with E-state index in [0.29, 0.717) is 24.4 Å². The number of nitrogens with one attached hydrogen (secondary N) is 1. The quantitative estimate of drug-likeness (QED) is 0.485. The van der Waals surface area contributed by atoms with Crippen molar-refractivity contribution in [2.24, 2.45) is 0 Å². The molecule has 7 nitrogen and oxygen atoms in total. The fraction of sp³-hybridized carbons (Fsp3) is 0.458. The Bertz CT molecular complexity index is 957. The lowest BCUT2D eigenvalue weighted by molar-refractivity contribution is -0.128. The van der Waals surface area contributed by atoms with Crippen LogP contribution in [0.4, 0.5) is 5.69 Å². The molecule has 1 amide bonds. The highest BCUT2D eigenvalue weighted by Gasteiger charge is 2.18. The van der Waals surface area contributed by atoms with Crippen LogP contribution in [0.25, 0.3) is 0 Å². The molecule has 0 saturated carbocycles. The molecule has 0 aromatic heterocycles. The van der Waals surface area contributed by atoms with Gasteiger partial charge in [-0.3, -0.25) is 9.10 Å². The van der Waals surface area contributed by atoms with Crippen LogP contribution in [0.1, 0.15) is 39.2 Å². The summed E-state index contributed by atoms with van der Waals surface area (Å²) in [4.78, 5) is 12.5. The summed E-state index contributed by atoms with van der Waals surface area (Å²) in [5, 5.41) is 2.93. The van der Waals surface area contributed by atoms with Crippen molar-refractivity contribution in [3.05, 3.63) is 54.1 Å². The Hall–Kier alpha value is -2.74. The lowest BCUT2D eigenvalue weighted by atomic mass is 10.1. The van der Waals surface area contributed by atoms with E-state index >= 15 is 0 Å². The monoisotopic (exact) mass is 462 g/mol. The second-order valence-corrected chi connectivity index (χ2v) is 9.96. The zero-order valence-electron chi connectivity index (χ0n) is 19.5. The molecule has 0 heterocycles. The van der Waals surface area contributed by atoms with Gasteiger partial charge in [-0.15, -0.1) is 0 Å². The van der Waals surface area contributed by atoms with Gasteiger partial charge >= 0.3 is 0 Å². The van der Waals surface area contributed by atoms with Crippen LogP contribution < -0.4 is 19.1 Å². The fourth-order valence-corrected chi connectivity index (χ4v) is 3.54. The van der Waals surface area contributed by atoms with E-state index in [9.17, 15) is 13.2 Å². The van der Waals surface area contributed by atoms with Crippen LogP contribution in [0.2, 0.25) is 0 Å². The lowest BCUT2D eigenvalue weighted by Crippen LogP contribution is -2.38. The van der Waals surface area contributed by atoms with Crippen LogP contribution >= 0.6 is 0 Å².